The van der Waals surface area contributed by atoms with Crippen molar-refractivity contribution in [3.63, 3.8) is 0 Å². The van der Waals surface area contributed by atoms with E-state index in [1.54, 1.807) is 0 Å². The Labute approximate surface area is 220 Å². The third-order valence-electron chi connectivity index (χ3n) is 7.01. The number of urea groups is 1. The molecule has 0 saturated carbocycles. The van der Waals surface area contributed by atoms with Crippen molar-refractivity contribution >= 4 is 11.7 Å². The summed E-state index contributed by atoms with van der Waals surface area (Å²) in [5, 5.41) is 21.1. The van der Waals surface area contributed by atoms with Gasteiger partial charge in [0.05, 0.1) is 30.5 Å². The maximum atomic E-state index is 12.2. The molecule has 0 aliphatic rings. The number of nitrogens with one attached hydrogen (secondary N) is 3. The van der Waals surface area contributed by atoms with Crippen LogP contribution in [0.15, 0.2) is 30.3 Å². The molecule has 2 amide bonds. The van der Waals surface area contributed by atoms with E-state index < -0.39 is 6.03 Å². The van der Waals surface area contributed by atoms with Gasteiger partial charge < -0.3 is 14.8 Å². The van der Waals surface area contributed by atoms with Crippen LogP contribution in [-0.4, -0.2) is 26.3 Å². The summed E-state index contributed by atoms with van der Waals surface area (Å²) in [5.74, 6) is 1.22. The molecule has 37 heavy (non-hydrogen) atoms. The molecule has 0 atom stereocenters. The first-order valence-electron chi connectivity index (χ1n) is 12.6. The highest BCUT2D eigenvalue weighted by molar-refractivity contribution is 5.76. The SMILES string of the molecule is CCC(C)(C)c1ccc(OCCCNC(=O)NNc2cc(C#N)c(C#N)cc2OC)c(C(C)(C)CC)c1. The maximum absolute atomic E-state index is 12.2. The molecule has 0 radical (unpaired) electrons. The zero-order valence-corrected chi connectivity index (χ0v) is 23.0. The van der Waals surface area contributed by atoms with Gasteiger partial charge in [0.1, 0.15) is 23.6 Å². The Morgan fingerprint density at radius 2 is 1.59 bits per heavy atom. The van der Waals surface area contributed by atoms with Crippen LogP contribution in [0, 0.1) is 22.7 Å². The lowest BCUT2D eigenvalue weighted by molar-refractivity contribution is 0.240. The minimum atomic E-state index is -0.441. The summed E-state index contributed by atoms with van der Waals surface area (Å²) < 4.78 is 11.4. The Balaban J connectivity index is 1.92. The summed E-state index contributed by atoms with van der Waals surface area (Å²) in [4.78, 5) is 12.2. The molecule has 0 aliphatic carbocycles. The fourth-order valence-electron chi connectivity index (χ4n) is 3.66. The van der Waals surface area contributed by atoms with Gasteiger partial charge in [-0.15, -0.1) is 0 Å². The molecular formula is C29H39N5O3. The Kier molecular flexibility index (Phi) is 10.2. The molecule has 0 unspecified atom stereocenters. The molecule has 2 aromatic carbocycles. The van der Waals surface area contributed by atoms with Crippen LogP contribution in [-0.2, 0) is 10.8 Å². The van der Waals surface area contributed by atoms with Crippen LogP contribution in [0.5, 0.6) is 11.5 Å². The number of benzene rings is 2. The van der Waals surface area contributed by atoms with Crippen LogP contribution in [0.1, 0.15) is 83.1 Å². The van der Waals surface area contributed by atoms with Crippen LogP contribution < -0.4 is 25.6 Å². The maximum Gasteiger partial charge on any atom is 0.333 e. The molecule has 198 valence electrons. The number of nitrogens with zero attached hydrogens (tertiary/aromatic N) is 2. The summed E-state index contributed by atoms with van der Waals surface area (Å²) in [6.45, 7) is 14.3. The Morgan fingerprint density at radius 3 is 2.19 bits per heavy atom. The van der Waals surface area contributed by atoms with Crippen LogP contribution in [0.25, 0.3) is 0 Å². The van der Waals surface area contributed by atoms with Gasteiger partial charge >= 0.3 is 6.03 Å². The van der Waals surface area contributed by atoms with Gasteiger partial charge in [-0.3, -0.25) is 10.9 Å². The highest BCUT2D eigenvalue weighted by Crippen LogP contribution is 2.38. The van der Waals surface area contributed by atoms with Crippen molar-refractivity contribution in [3.8, 4) is 23.6 Å². The Bertz CT molecular complexity index is 1180. The molecule has 0 fully saturated rings. The van der Waals surface area contributed by atoms with Crippen LogP contribution in [0.2, 0.25) is 0 Å². The van der Waals surface area contributed by atoms with E-state index in [4.69, 9.17) is 14.7 Å². The van der Waals surface area contributed by atoms with Crippen molar-refractivity contribution in [2.75, 3.05) is 25.7 Å². The molecule has 2 rings (SSSR count). The number of ether oxygens (including phenoxy) is 2. The summed E-state index contributed by atoms with van der Waals surface area (Å²) >= 11 is 0. The third-order valence-corrected chi connectivity index (χ3v) is 7.01. The zero-order valence-electron chi connectivity index (χ0n) is 23.0. The minimum Gasteiger partial charge on any atom is -0.494 e. The summed E-state index contributed by atoms with van der Waals surface area (Å²) in [6.07, 6.45) is 2.67. The smallest absolute Gasteiger partial charge is 0.333 e. The molecule has 8 heteroatoms. The highest BCUT2D eigenvalue weighted by atomic mass is 16.5. The molecule has 0 saturated heterocycles. The molecule has 0 spiro atoms. The summed E-state index contributed by atoms with van der Waals surface area (Å²) in [6, 6.07) is 12.9. The number of rotatable bonds is 12. The van der Waals surface area contributed by atoms with Crippen molar-refractivity contribution in [1.29, 1.82) is 10.5 Å². The van der Waals surface area contributed by atoms with Crippen molar-refractivity contribution < 1.29 is 14.3 Å². The number of hydrazine groups is 1. The second kappa shape index (κ2) is 12.9. The lowest BCUT2D eigenvalue weighted by Crippen LogP contribution is -2.39. The number of hydrogen-bond donors (Lipinski definition) is 3. The second-order valence-corrected chi connectivity index (χ2v) is 10.2. The third kappa shape index (κ3) is 7.54. The number of hydrogen-bond acceptors (Lipinski definition) is 6. The fraction of sp³-hybridized carbons (Fsp3) is 0.483. The van der Waals surface area contributed by atoms with E-state index in [1.807, 2.05) is 12.1 Å². The van der Waals surface area contributed by atoms with Gasteiger partial charge in [0.25, 0.3) is 0 Å². The van der Waals surface area contributed by atoms with Crippen LogP contribution in [0.3, 0.4) is 0 Å². The number of amides is 2. The average molecular weight is 506 g/mol. The van der Waals surface area contributed by atoms with Crippen molar-refractivity contribution in [1.82, 2.24) is 10.7 Å². The van der Waals surface area contributed by atoms with Gasteiger partial charge in [0.2, 0.25) is 0 Å². The van der Waals surface area contributed by atoms with Crippen molar-refractivity contribution in [2.24, 2.45) is 0 Å². The number of nitriles is 2. The lowest BCUT2D eigenvalue weighted by atomic mass is 9.76. The van der Waals surface area contributed by atoms with E-state index >= 15 is 0 Å². The molecule has 0 aliphatic heterocycles. The molecule has 3 N–H and O–H groups in total. The molecular weight excluding hydrogens is 466 g/mol. The van der Waals surface area contributed by atoms with Crippen LogP contribution >= 0.6 is 0 Å². The van der Waals surface area contributed by atoms with E-state index in [-0.39, 0.29) is 22.0 Å². The number of carbonyl (C=O) groups is 1. The topological polar surface area (TPSA) is 119 Å². The first-order valence-corrected chi connectivity index (χ1v) is 12.6. The Morgan fingerprint density at radius 1 is 0.946 bits per heavy atom. The minimum absolute atomic E-state index is 0.0170. The first-order chi connectivity index (χ1) is 17.5. The second-order valence-electron chi connectivity index (χ2n) is 10.2. The van der Waals surface area contributed by atoms with Crippen LogP contribution in [0.4, 0.5) is 10.5 Å². The number of anilines is 1. The van der Waals surface area contributed by atoms with Gasteiger partial charge in [-0.1, -0.05) is 53.7 Å². The van der Waals surface area contributed by atoms with Crippen molar-refractivity contribution in [2.45, 2.75) is 71.6 Å². The lowest BCUT2D eigenvalue weighted by Gasteiger charge is -2.30. The summed E-state index contributed by atoms with van der Waals surface area (Å²) in [7, 11) is 1.44. The normalized spacial score (nSPS) is 11.2. The Hall–Kier alpha value is -3.91. The highest BCUT2D eigenvalue weighted by Gasteiger charge is 2.26. The van der Waals surface area contributed by atoms with E-state index in [1.165, 1.54) is 30.4 Å². The largest absolute Gasteiger partial charge is 0.494 e. The van der Waals surface area contributed by atoms with Gasteiger partial charge in [0.15, 0.2) is 0 Å². The standard InChI is InChI=1S/C29H39N5O3/c1-8-28(3,4)22-11-12-25(23(17-22)29(5,6)9-2)37-14-10-13-32-27(35)34-33-24-15-20(18-30)21(19-31)16-26(24)36-7/h11-12,15-17,33H,8-10,13-14H2,1-7H3,(H2,32,34,35). The van der Waals surface area contributed by atoms with Gasteiger partial charge in [-0.05, 0) is 47.8 Å². The summed E-state index contributed by atoms with van der Waals surface area (Å²) in [5.41, 5.74) is 8.60. The fourth-order valence-corrected chi connectivity index (χ4v) is 3.66. The molecule has 0 aromatic heterocycles. The van der Waals surface area contributed by atoms with Crippen molar-refractivity contribution in [3.05, 3.63) is 52.6 Å². The molecule has 8 nitrogen and oxygen atoms in total. The molecule has 0 heterocycles. The molecule has 2 aromatic rings. The number of methoxy groups -OCH3 is 1. The van der Waals surface area contributed by atoms with Gasteiger partial charge in [-0.2, -0.15) is 10.5 Å². The quantitative estimate of drug-likeness (QED) is 0.244. The van der Waals surface area contributed by atoms with E-state index in [0.29, 0.717) is 31.0 Å². The zero-order chi connectivity index (χ0) is 27.6. The monoisotopic (exact) mass is 505 g/mol. The van der Waals surface area contributed by atoms with E-state index in [0.717, 1.165) is 18.6 Å². The first kappa shape index (κ1) is 29.3. The predicted octanol–water partition coefficient (Wildman–Crippen LogP) is 5.91. The number of carbonyl (C=O) groups excluding carboxylic acids is 1. The van der Waals surface area contributed by atoms with Gasteiger partial charge in [0, 0.05) is 18.2 Å². The predicted molar refractivity (Wildman–Crippen MR) is 146 cm³/mol. The van der Waals surface area contributed by atoms with Gasteiger partial charge in [-0.25, -0.2) is 4.79 Å². The molecule has 0 bridgehead atoms. The average Bonchev–Trinajstić information content (AvgIpc) is 2.90. The van der Waals surface area contributed by atoms with E-state index in [9.17, 15) is 10.1 Å². The van der Waals surface area contributed by atoms with E-state index in [2.05, 4.69) is 75.9 Å².